The maximum Gasteiger partial charge on any atom is 0.242 e. The second kappa shape index (κ2) is 11.7. The van der Waals surface area contributed by atoms with Crippen LogP contribution < -0.4 is 5.32 Å². The van der Waals surface area contributed by atoms with Crippen LogP contribution in [0, 0.1) is 0 Å². The summed E-state index contributed by atoms with van der Waals surface area (Å²) in [6, 6.07) is 12.2. The zero-order valence-electron chi connectivity index (χ0n) is 16.3. The van der Waals surface area contributed by atoms with Crippen LogP contribution in [-0.4, -0.2) is 35.6 Å². The van der Waals surface area contributed by atoms with Crippen molar-refractivity contribution in [2.45, 2.75) is 31.7 Å². The molecule has 8 heteroatoms. The number of nitrogens with zero attached hydrogens (tertiary/aromatic N) is 1. The molecule has 0 radical (unpaired) electrons. The lowest BCUT2D eigenvalue weighted by Gasteiger charge is -2.30. The predicted octanol–water partition coefficient (Wildman–Crippen LogP) is 5.43. The van der Waals surface area contributed by atoms with Gasteiger partial charge in [-0.1, -0.05) is 59.9 Å². The van der Waals surface area contributed by atoms with Crippen molar-refractivity contribution in [1.29, 1.82) is 0 Å². The van der Waals surface area contributed by atoms with Crippen LogP contribution >= 0.6 is 46.6 Å². The summed E-state index contributed by atoms with van der Waals surface area (Å²) < 4.78 is 0. The molecule has 2 rings (SSSR count). The van der Waals surface area contributed by atoms with Crippen molar-refractivity contribution < 1.29 is 9.59 Å². The lowest BCUT2D eigenvalue weighted by molar-refractivity contribution is -0.139. The minimum Gasteiger partial charge on any atom is -0.357 e. The number of hydrogen-bond donors (Lipinski definition) is 1. The van der Waals surface area contributed by atoms with Gasteiger partial charge in [-0.3, -0.25) is 9.59 Å². The molecule has 0 aliphatic heterocycles. The summed E-state index contributed by atoms with van der Waals surface area (Å²) in [5, 5.41) is 4.27. The van der Waals surface area contributed by atoms with E-state index in [1.165, 1.54) is 11.8 Å². The first-order valence-corrected chi connectivity index (χ1v) is 11.4. The van der Waals surface area contributed by atoms with Gasteiger partial charge >= 0.3 is 0 Å². The average Bonchev–Trinajstić information content (AvgIpc) is 2.71. The SMILES string of the molecule is CCC(C(=O)NC)N(Cc1ccc(Cl)cc1)C(=O)CSCc1ccc(Cl)c(Cl)c1. The first-order valence-electron chi connectivity index (χ1n) is 9.12. The lowest BCUT2D eigenvalue weighted by Crippen LogP contribution is -2.48. The minimum atomic E-state index is -0.534. The van der Waals surface area contributed by atoms with Crippen LogP contribution in [0.1, 0.15) is 24.5 Å². The number of amides is 2. The smallest absolute Gasteiger partial charge is 0.242 e. The summed E-state index contributed by atoms with van der Waals surface area (Å²) in [6.45, 7) is 2.24. The molecule has 2 amide bonds. The Bertz CT molecular complexity index is 846. The zero-order valence-corrected chi connectivity index (χ0v) is 19.3. The Morgan fingerprint density at radius 3 is 2.28 bits per heavy atom. The molecule has 2 aromatic rings. The molecule has 29 heavy (non-hydrogen) atoms. The molecule has 0 bridgehead atoms. The van der Waals surface area contributed by atoms with Crippen LogP contribution in [0.5, 0.6) is 0 Å². The van der Waals surface area contributed by atoms with Gasteiger partial charge in [0.2, 0.25) is 11.8 Å². The van der Waals surface area contributed by atoms with E-state index in [4.69, 9.17) is 34.8 Å². The van der Waals surface area contributed by atoms with Crippen LogP contribution in [0.4, 0.5) is 0 Å². The summed E-state index contributed by atoms with van der Waals surface area (Å²) in [7, 11) is 1.58. The number of carbonyl (C=O) groups excluding carboxylic acids is 2. The van der Waals surface area contributed by atoms with Crippen molar-refractivity contribution >= 4 is 58.4 Å². The molecule has 0 heterocycles. The lowest BCUT2D eigenvalue weighted by atomic mass is 10.1. The summed E-state index contributed by atoms with van der Waals surface area (Å²) in [6.07, 6.45) is 0.524. The number of rotatable bonds is 9. The molecule has 0 saturated heterocycles. The normalized spacial score (nSPS) is 11.8. The van der Waals surface area contributed by atoms with E-state index in [1.807, 2.05) is 25.1 Å². The highest BCUT2D eigenvalue weighted by molar-refractivity contribution is 7.99. The molecule has 1 N–H and O–H groups in total. The molecule has 1 unspecified atom stereocenters. The number of hydrogen-bond acceptors (Lipinski definition) is 3. The molecule has 0 saturated carbocycles. The number of likely N-dealkylation sites (N-methyl/N-ethyl adjacent to an activating group) is 1. The molecule has 4 nitrogen and oxygen atoms in total. The largest absolute Gasteiger partial charge is 0.357 e. The molecule has 0 aliphatic rings. The maximum absolute atomic E-state index is 13.0. The van der Waals surface area contributed by atoms with Gasteiger partial charge < -0.3 is 10.2 Å². The predicted molar refractivity (Wildman–Crippen MR) is 123 cm³/mol. The van der Waals surface area contributed by atoms with Crippen molar-refractivity contribution in [1.82, 2.24) is 10.2 Å². The highest BCUT2D eigenvalue weighted by atomic mass is 35.5. The first-order chi connectivity index (χ1) is 13.8. The second-order valence-corrected chi connectivity index (χ2v) is 8.66. The minimum absolute atomic E-state index is 0.0968. The molecule has 1 atom stereocenters. The van der Waals surface area contributed by atoms with E-state index < -0.39 is 6.04 Å². The van der Waals surface area contributed by atoms with E-state index in [9.17, 15) is 9.59 Å². The molecule has 2 aromatic carbocycles. The monoisotopic (exact) mass is 472 g/mol. The van der Waals surface area contributed by atoms with E-state index in [-0.39, 0.29) is 17.6 Å². The molecule has 0 fully saturated rings. The van der Waals surface area contributed by atoms with Gasteiger partial charge in [0.25, 0.3) is 0 Å². The van der Waals surface area contributed by atoms with Crippen molar-refractivity contribution in [3.05, 3.63) is 68.7 Å². The van der Waals surface area contributed by atoms with Crippen molar-refractivity contribution in [2.75, 3.05) is 12.8 Å². The zero-order chi connectivity index (χ0) is 21.4. The van der Waals surface area contributed by atoms with Crippen molar-refractivity contribution in [2.24, 2.45) is 0 Å². The summed E-state index contributed by atoms with van der Waals surface area (Å²) in [5.74, 6) is 0.597. The second-order valence-electron chi connectivity index (χ2n) is 6.43. The first kappa shape index (κ1) is 23.9. The topological polar surface area (TPSA) is 49.4 Å². The fraction of sp³-hybridized carbons (Fsp3) is 0.333. The summed E-state index contributed by atoms with van der Waals surface area (Å²) in [4.78, 5) is 27.0. The van der Waals surface area contributed by atoms with Crippen LogP contribution in [0.2, 0.25) is 15.1 Å². The van der Waals surface area contributed by atoms with Crippen LogP contribution in [0.25, 0.3) is 0 Å². The maximum atomic E-state index is 13.0. The van der Waals surface area contributed by atoms with Gasteiger partial charge in [0.05, 0.1) is 15.8 Å². The van der Waals surface area contributed by atoms with Crippen molar-refractivity contribution in [3.8, 4) is 0 Å². The van der Waals surface area contributed by atoms with Gasteiger partial charge in [-0.15, -0.1) is 11.8 Å². The summed E-state index contributed by atoms with van der Waals surface area (Å²) >= 11 is 19.4. The van der Waals surface area contributed by atoms with Crippen LogP contribution in [0.15, 0.2) is 42.5 Å². The Labute approximate surface area is 190 Å². The number of carbonyl (C=O) groups is 2. The van der Waals surface area contributed by atoms with Gasteiger partial charge in [-0.25, -0.2) is 0 Å². The molecule has 0 aromatic heterocycles. The number of halogens is 3. The molecule has 156 valence electrons. The van der Waals surface area contributed by atoms with Crippen molar-refractivity contribution in [3.63, 3.8) is 0 Å². The van der Waals surface area contributed by atoms with E-state index >= 15 is 0 Å². The van der Waals surface area contributed by atoms with Crippen LogP contribution in [0.3, 0.4) is 0 Å². The van der Waals surface area contributed by atoms with Gasteiger partial charge in [0, 0.05) is 24.4 Å². The Morgan fingerprint density at radius 1 is 1.03 bits per heavy atom. The Kier molecular flexibility index (Phi) is 9.63. The number of thioether (sulfide) groups is 1. The molecule has 0 aliphatic carbocycles. The third-order valence-corrected chi connectivity index (χ3v) is 6.36. The fourth-order valence-corrected chi connectivity index (χ4v) is 4.15. The van der Waals surface area contributed by atoms with E-state index in [0.29, 0.717) is 33.8 Å². The van der Waals surface area contributed by atoms with Gasteiger partial charge in [0.15, 0.2) is 0 Å². The highest BCUT2D eigenvalue weighted by Crippen LogP contribution is 2.25. The Balaban J connectivity index is 2.08. The van der Waals surface area contributed by atoms with Crippen LogP contribution in [-0.2, 0) is 21.9 Å². The van der Waals surface area contributed by atoms with E-state index in [1.54, 1.807) is 36.2 Å². The van der Waals surface area contributed by atoms with Gasteiger partial charge in [-0.2, -0.15) is 0 Å². The fourth-order valence-electron chi connectivity index (χ4n) is 2.84. The Hall–Kier alpha value is -1.40. The Morgan fingerprint density at radius 2 is 1.69 bits per heavy atom. The third-order valence-electron chi connectivity index (χ3n) is 4.38. The number of benzene rings is 2. The third kappa shape index (κ3) is 7.10. The quantitative estimate of drug-likeness (QED) is 0.528. The summed E-state index contributed by atoms with van der Waals surface area (Å²) in [5.41, 5.74) is 1.90. The van der Waals surface area contributed by atoms with E-state index in [2.05, 4.69) is 5.32 Å². The standard InChI is InChI=1S/C21H23Cl3N2O2S/c1-3-19(21(28)25-2)26(11-14-4-7-16(22)8-5-14)20(27)13-29-12-15-6-9-17(23)18(24)10-15/h4-10,19H,3,11-13H2,1-2H3,(H,25,28). The van der Waals surface area contributed by atoms with Gasteiger partial charge in [-0.05, 0) is 41.8 Å². The molecular formula is C21H23Cl3N2O2S. The number of nitrogens with one attached hydrogen (secondary N) is 1. The molecular weight excluding hydrogens is 451 g/mol. The molecule has 0 spiro atoms. The van der Waals surface area contributed by atoms with E-state index in [0.717, 1.165) is 11.1 Å². The van der Waals surface area contributed by atoms with Gasteiger partial charge in [0.1, 0.15) is 6.04 Å². The average molecular weight is 474 g/mol. The highest BCUT2D eigenvalue weighted by Gasteiger charge is 2.27.